The van der Waals surface area contributed by atoms with Crippen LogP contribution in [0, 0.1) is 10.8 Å². The van der Waals surface area contributed by atoms with Crippen LogP contribution in [0.3, 0.4) is 0 Å². The molecule has 0 unspecified atom stereocenters. The van der Waals surface area contributed by atoms with Crippen molar-refractivity contribution in [1.82, 2.24) is 4.72 Å². The summed E-state index contributed by atoms with van der Waals surface area (Å²) in [5, 5.41) is 3.42. The van der Waals surface area contributed by atoms with Crippen LogP contribution in [0.5, 0.6) is 0 Å². The number of anilines is 2. The number of rotatable bonds is 4. The van der Waals surface area contributed by atoms with E-state index in [0.29, 0.717) is 11.7 Å². The molecule has 112 valence electrons. The van der Waals surface area contributed by atoms with Gasteiger partial charge in [-0.05, 0) is 36.1 Å². The van der Waals surface area contributed by atoms with Crippen molar-refractivity contribution in [1.29, 1.82) is 0 Å². The molecule has 0 bridgehead atoms. The zero-order valence-corrected chi connectivity index (χ0v) is 13.4. The molecule has 0 atom stereocenters. The highest BCUT2D eigenvalue weighted by Crippen LogP contribution is 2.63. The van der Waals surface area contributed by atoms with Gasteiger partial charge in [-0.2, -0.15) is 0 Å². The van der Waals surface area contributed by atoms with E-state index in [0.717, 1.165) is 5.69 Å². The summed E-state index contributed by atoms with van der Waals surface area (Å²) in [6, 6.07) is 5.09. The van der Waals surface area contributed by atoms with E-state index in [9.17, 15) is 8.42 Å². The molecule has 0 amide bonds. The van der Waals surface area contributed by atoms with Gasteiger partial charge < -0.3 is 11.1 Å². The lowest BCUT2D eigenvalue weighted by Crippen LogP contribution is -2.19. The summed E-state index contributed by atoms with van der Waals surface area (Å²) in [4.78, 5) is 0.178. The number of nitrogens with one attached hydrogen (secondary N) is 2. The van der Waals surface area contributed by atoms with Crippen LogP contribution < -0.4 is 15.8 Å². The zero-order valence-electron chi connectivity index (χ0n) is 12.6. The molecule has 1 aliphatic carbocycles. The third-order valence-electron chi connectivity index (χ3n) is 4.92. The molecule has 1 aliphatic rings. The molecule has 4 N–H and O–H groups in total. The molecule has 0 aromatic heterocycles. The number of nitrogens with two attached hydrogens (primary N) is 1. The van der Waals surface area contributed by atoms with Crippen molar-refractivity contribution < 1.29 is 8.42 Å². The van der Waals surface area contributed by atoms with Crippen LogP contribution in [-0.2, 0) is 10.0 Å². The normalized spacial score (nSPS) is 20.6. The van der Waals surface area contributed by atoms with Gasteiger partial charge in [0, 0.05) is 6.04 Å². The first-order chi connectivity index (χ1) is 9.04. The van der Waals surface area contributed by atoms with Crippen molar-refractivity contribution in [2.45, 2.75) is 38.6 Å². The SMILES string of the molecule is CNS(=O)(=O)c1ccc(NC2C(C)(C)C2(C)C)c(N)c1. The van der Waals surface area contributed by atoms with E-state index in [1.54, 1.807) is 12.1 Å². The lowest BCUT2D eigenvalue weighted by Gasteiger charge is -2.12. The minimum absolute atomic E-state index is 0.178. The van der Waals surface area contributed by atoms with Gasteiger partial charge >= 0.3 is 0 Å². The number of benzene rings is 1. The molecular formula is C14H23N3O2S. The van der Waals surface area contributed by atoms with E-state index in [1.165, 1.54) is 13.1 Å². The van der Waals surface area contributed by atoms with Crippen molar-refractivity contribution in [2.24, 2.45) is 10.8 Å². The summed E-state index contributed by atoms with van der Waals surface area (Å²) in [6.07, 6.45) is 0. The Balaban J connectivity index is 2.25. The monoisotopic (exact) mass is 297 g/mol. The molecule has 6 heteroatoms. The molecule has 1 aromatic carbocycles. The topological polar surface area (TPSA) is 84.2 Å². The Morgan fingerprint density at radius 2 is 1.70 bits per heavy atom. The molecule has 0 saturated heterocycles. The maximum Gasteiger partial charge on any atom is 0.240 e. The van der Waals surface area contributed by atoms with Gasteiger partial charge in [0.25, 0.3) is 0 Å². The summed E-state index contributed by atoms with van der Waals surface area (Å²) < 4.78 is 25.7. The summed E-state index contributed by atoms with van der Waals surface area (Å²) in [7, 11) is -2.07. The second kappa shape index (κ2) is 4.36. The fraction of sp³-hybridized carbons (Fsp3) is 0.571. The van der Waals surface area contributed by atoms with E-state index in [4.69, 9.17) is 5.73 Å². The lowest BCUT2D eigenvalue weighted by molar-refractivity contribution is 0.457. The molecule has 0 aliphatic heterocycles. The number of nitrogen functional groups attached to an aromatic ring is 1. The van der Waals surface area contributed by atoms with Crippen LogP contribution in [0.2, 0.25) is 0 Å². The Morgan fingerprint density at radius 1 is 1.15 bits per heavy atom. The zero-order chi connectivity index (χ0) is 15.3. The fourth-order valence-electron chi connectivity index (χ4n) is 2.67. The maximum atomic E-state index is 11.7. The van der Waals surface area contributed by atoms with E-state index in [1.807, 2.05) is 0 Å². The second-order valence-corrected chi connectivity index (χ2v) is 8.36. The fourth-order valence-corrected chi connectivity index (χ4v) is 3.43. The quantitative estimate of drug-likeness (QED) is 0.742. The third kappa shape index (κ3) is 2.16. The van der Waals surface area contributed by atoms with Crippen molar-refractivity contribution in [3.05, 3.63) is 18.2 Å². The van der Waals surface area contributed by atoms with Crippen molar-refractivity contribution >= 4 is 21.4 Å². The summed E-state index contributed by atoms with van der Waals surface area (Å²) in [6.45, 7) is 8.84. The Morgan fingerprint density at radius 3 is 2.10 bits per heavy atom. The van der Waals surface area contributed by atoms with Gasteiger partial charge in [-0.15, -0.1) is 0 Å². The van der Waals surface area contributed by atoms with E-state index < -0.39 is 10.0 Å². The first kappa shape index (κ1) is 15.1. The molecule has 1 fully saturated rings. The van der Waals surface area contributed by atoms with Crippen LogP contribution >= 0.6 is 0 Å². The van der Waals surface area contributed by atoms with Gasteiger partial charge in [0.05, 0.1) is 16.3 Å². The lowest BCUT2D eigenvalue weighted by atomic mass is 10.0. The van der Waals surface area contributed by atoms with Crippen molar-refractivity contribution in [2.75, 3.05) is 18.1 Å². The summed E-state index contributed by atoms with van der Waals surface area (Å²) in [5.74, 6) is 0. The van der Waals surface area contributed by atoms with Gasteiger partial charge in [0.15, 0.2) is 0 Å². The van der Waals surface area contributed by atoms with Crippen LogP contribution in [-0.4, -0.2) is 21.5 Å². The Bertz CT molecular complexity index is 622. The average molecular weight is 297 g/mol. The van der Waals surface area contributed by atoms with Gasteiger partial charge in [0.2, 0.25) is 10.0 Å². The first-order valence-corrected chi connectivity index (χ1v) is 8.12. The van der Waals surface area contributed by atoms with Crippen molar-refractivity contribution in [3.8, 4) is 0 Å². The van der Waals surface area contributed by atoms with Crippen LogP contribution in [0.15, 0.2) is 23.1 Å². The molecule has 1 saturated carbocycles. The molecule has 0 spiro atoms. The molecule has 1 aromatic rings. The van der Waals surface area contributed by atoms with Gasteiger partial charge in [-0.1, -0.05) is 27.7 Å². The number of hydrogen-bond acceptors (Lipinski definition) is 4. The molecule has 0 radical (unpaired) electrons. The van der Waals surface area contributed by atoms with Gasteiger partial charge in [-0.3, -0.25) is 0 Å². The first-order valence-electron chi connectivity index (χ1n) is 6.63. The second-order valence-electron chi connectivity index (χ2n) is 6.48. The van der Waals surface area contributed by atoms with Gasteiger partial charge in [0.1, 0.15) is 0 Å². The predicted molar refractivity (Wildman–Crippen MR) is 82.1 cm³/mol. The van der Waals surface area contributed by atoms with Crippen LogP contribution in [0.1, 0.15) is 27.7 Å². The van der Waals surface area contributed by atoms with Gasteiger partial charge in [-0.25, -0.2) is 13.1 Å². The number of sulfonamides is 1. The maximum absolute atomic E-state index is 11.7. The van der Waals surface area contributed by atoms with Crippen LogP contribution in [0.4, 0.5) is 11.4 Å². The summed E-state index contributed by atoms with van der Waals surface area (Å²) in [5.41, 5.74) is 7.58. The Hall–Kier alpha value is -1.27. The number of hydrogen-bond donors (Lipinski definition) is 3. The Kier molecular flexibility index (Phi) is 3.30. The minimum atomic E-state index is -3.45. The molecule has 0 heterocycles. The Labute approximate surface area is 121 Å². The van der Waals surface area contributed by atoms with Crippen LogP contribution in [0.25, 0.3) is 0 Å². The summed E-state index contributed by atoms with van der Waals surface area (Å²) >= 11 is 0. The molecule has 2 rings (SSSR count). The average Bonchev–Trinajstić information content (AvgIpc) is 2.73. The third-order valence-corrected chi connectivity index (χ3v) is 6.33. The largest absolute Gasteiger partial charge is 0.397 e. The minimum Gasteiger partial charge on any atom is -0.397 e. The van der Waals surface area contributed by atoms with E-state index in [-0.39, 0.29) is 15.7 Å². The van der Waals surface area contributed by atoms with E-state index >= 15 is 0 Å². The highest BCUT2D eigenvalue weighted by molar-refractivity contribution is 7.89. The smallest absolute Gasteiger partial charge is 0.240 e. The highest BCUT2D eigenvalue weighted by Gasteiger charge is 2.65. The molecular weight excluding hydrogens is 274 g/mol. The molecule has 5 nitrogen and oxygen atoms in total. The van der Waals surface area contributed by atoms with E-state index in [2.05, 4.69) is 37.7 Å². The highest BCUT2D eigenvalue weighted by atomic mass is 32.2. The molecule has 20 heavy (non-hydrogen) atoms. The predicted octanol–water partition coefficient (Wildman–Crippen LogP) is 2.02. The standard InChI is InChI=1S/C14H23N3O2S/c1-13(2)12(14(13,3)4)17-11-7-6-9(8-10(11)15)20(18,19)16-5/h6-8,12,16-17H,15H2,1-5H3. The van der Waals surface area contributed by atoms with Crippen molar-refractivity contribution in [3.63, 3.8) is 0 Å².